The molecule has 0 fully saturated rings. The Morgan fingerprint density at radius 3 is 2.27 bits per heavy atom. The van der Waals surface area contributed by atoms with E-state index in [1.165, 1.54) is 17.9 Å². The molecule has 0 saturated carbocycles. The summed E-state index contributed by atoms with van der Waals surface area (Å²) in [4.78, 5) is 38.3. The standard InChI is InChI=1S/C21H16N2O3/c1-12(24)13-5-8-18-19(11-13)21(26)23(20(18)25)17-7-4-14-9-16(22-2)6-3-15(14)10-17/h3-11,22H,1-2H3. The van der Waals surface area contributed by atoms with Gasteiger partial charge in [-0.25, -0.2) is 4.90 Å². The normalized spacial score (nSPS) is 13.2. The van der Waals surface area contributed by atoms with E-state index in [0.29, 0.717) is 16.8 Å². The zero-order chi connectivity index (χ0) is 18.4. The third-order valence-corrected chi connectivity index (χ3v) is 4.66. The molecular weight excluding hydrogens is 328 g/mol. The smallest absolute Gasteiger partial charge is 0.266 e. The van der Waals surface area contributed by atoms with Crippen molar-refractivity contribution in [3.8, 4) is 0 Å². The van der Waals surface area contributed by atoms with Gasteiger partial charge in [-0.15, -0.1) is 0 Å². The Balaban J connectivity index is 1.78. The van der Waals surface area contributed by atoms with Gasteiger partial charge < -0.3 is 5.32 Å². The number of imide groups is 1. The molecule has 1 heterocycles. The highest BCUT2D eigenvalue weighted by molar-refractivity contribution is 6.35. The molecule has 26 heavy (non-hydrogen) atoms. The van der Waals surface area contributed by atoms with Crippen LogP contribution in [0.3, 0.4) is 0 Å². The SMILES string of the molecule is CNc1ccc2cc(N3C(=O)c4ccc(C(C)=O)cc4C3=O)ccc2c1. The number of hydrogen-bond donors (Lipinski definition) is 1. The third-order valence-electron chi connectivity index (χ3n) is 4.66. The fourth-order valence-electron chi connectivity index (χ4n) is 3.22. The number of benzene rings is 3. The van der Waals surface area contributed by atoms with Crippen LogP contribution in [-0.4, -0.2) is 24.6 Å². The van der Waals surface area contributed by atoms with Crippen LogP contribution in [-0.2, 0) is 0 Å². The first-order valence-electron chi connectivity index (χ1n) is 8.25. The van der Waals surface area contributed by atoms with Gasteiger partial charge in [0.15, 0.2) is 5.78 Å². The Kier molecular flexibility index (Phi) is 3.58. The van der Waals surface area contributed by atoms with Crippen molar-refractivity contribution >= 4 is 39.7 Å². The number of Topliss-reactive ketones (excluding diaryl/α,β-unsaturated/α-hetero) is 1. The highest BCUT2D eigenvalue weighted by Gasteiger charge is 2.37. The van der Waals surface area contributed by atoms with Crippen molar-refractivity contribution in [1.29, 1.82) is 0 Å². The molecular formula is C21H16N2O3. The van der Waals surface area contributed by atoms with Crippen molar-refractivity contribution in [1.82, 2.24) is 0 Å². The van der Waals surface area contributed by atoms with Crippen LogP contribution in [0.25, 0.3) is 10.8 Å². The monoisotopic (exact) mass is 344 g/mol. The summed E-state index contributed by atoms with van der Waals surface area (Å²) in [6.07, 6.45) is 0. The summed E-state index contributed by atoms with van der Waals surface area (Å²) in [5.74, 6) is -0.914. The second-order valence-corrected chi connectivity index (χ2v) is 6.26. The van der Waals surface area contributed by atoms with Gasteiger partial charge >= 0.3 is 0 Å². The maximum Gasteiger partial charge on any atom is 0.266 e. The largest absolute Gasteiger partial charge is 0.388 e. The molecule has 3 aromatic carbocycles. The molecule has 3 aromatic rings. The summed E-state index contributed by atoms with van der Waals surface area (Å²) in [7, 11) is 1.85. The predicted molar refractivity (Wildman–Crippen MR) is 101 cm³/mol. The van der Waals surface area contributed by atoms with Crippen molar-refractivity contribution in [2.75, 3.05) is 17.3 Å². The fraction of sp³-hybridized carbons (Fsp3) is 0.0952. The summed E-state index contributed by atoms with van der Waals surface area (Å²) in [5, 5.41) is 5.03. The van der Waals surface area contributed by atoms with Crippen LogP contribution in [0.4, 0.5) is 11.4 Å². The number of hydrogen-bond acceptors (Lipinski definition) is 4. The lowest BCUT2D eigenvalue weighted by Gasteiger charge is -2.15. The molecule has 1 aliphatic heterocycles. The van der Waals surface area contributed by atoms with Gasteiger partial charge in [-0.05, 0) is 54.1 Å². The van der Waals surface area contributed by atoms with E-state index < -0.39 is 5.91 Å². The number of carbonyl (C=O) groups excluding carboxylic acids is 3. The summed E-state index contributed by atoms with van der Waals surface area (Å²) >= 11 is 0. The minimum absolute atomic E-state index is 0.141. The lowest BCUT2D eigenvalue weighted by Crippen LogP contribution is -2.29. The molecule has 5 heteroatoms. The van der Waals surface area contributed by atoms with Crippen LogP contribution in [0.1, 0.15) is 38.0 Å². The van der Waals surface area contributed by atoms with Crippen molar-refractivity contribution in [2.45, 2.75) is 6.92 Å². The first kappa shape index (κ1) is 16.0. The molecule has 1 aliphatic rings. The average Bonchev–Trinajstić information content (AvgIpc) is 2.91. The van der Waals surface area contributed by atoms with Crippen LogP contribution in [0.5, 0.6) is 0 Å². The van der Waals surface area contributed by atoms with Gasteiger partial charge in [-0.2, -0.15) is 0 Å². The number of anilines is 2. The van der Waals surface area contributed by atoms with E-state index in [0.717, 1.165) is 16.5 Å². The summed E-state index contributed by atoms with van der Waals surface area (Å²) in [5.41, 5.74) is 2.52. The predicted octanol–water partition coefficient (Wildman–Crippen LogP) is 3.88. The molecule has 0 spiro atoms. The Morgan fingerprint density at radius 1 is 0.846 bits per heavy atom. The van der Waals surface area contributed by atoms with Crippen LogP contribution in [0.2, 0.25) is 0 Å². The van der Waals surface area contributed by atoms with E-state index >= 15 is 0 Å². The molecule has 0 saturated heterocycles. The van der Waals surface area contributed by atoms with Gasteiger partial charge in [0.25, 0.3) is 11.8 Å². The van der Waals surface area contributed by atoms with Gasteiger partial charge in [0.05, 0.1) is 16.8 Å². The number of nitrogens with one attached hydrogen (secondary N) is 1. The van der Waals surface area contributed by atoms with E-state index in [-0.39, 0.29) is 17.3 Å². The first-order valence-corrected chi connectivity index (χ1v) is 8.25. The highest BCUT2D eigenvalue weighted by atomic mass is 16.2. The van der Waals surface area contributed by atoms with Gasteiger partial charge in [0.1, 0.15) is 0 Å². The Labute approximate surface area is 150 Å². The quantitative estimate of drug-likeness (QED) is 0.578. The van der Waals surface area contributed by atoms with Gasteiger partial charge in [-0.3, -0.25) is 14.4 Å². The van der Waals surface area contributed by atoms with Gasteiger partial charge in [0.2, 0.25) is 0 Å². The number of carbonyl (C=O) groups is 3. The molecule has 0 bridgehead atoms. The number of amides is 2. The lowest BCUT2D eigenvalue weighted by atomic mass is 10.0. The molecule has 0 unspecified atom stereocenters. The van der Waals surface area contributed by atoms with E-state index in [1.807, 2.05) is 37.4 Å². The molecule has 0 aliphatic carbocycles. The Hall–Kier alpha value is -3.47. The number of fused-ring (bicyclic) bond motifs is 2. The molecule has 5 nitrogen and oxygen atoms in total. The Morgan fingerprint density at radius 2 is 1.54 bits per heavy atom. The van der Waals surface area contributed by atoms with Crippen molar-refractivity contribution in [3.63, 3.8) is 0 Å². The molecule has 2 amide bonds. The molecule has 1 N–H and O–H groups in total. The summed E-state index contributed by atoms with van der Waals surface area (Å²) in [6.45, 7) is 1.43. The van der Waals surface area contributed by atoms with Crippen LogP contribution in [0.15, 0.2) is 54.6 Å². The lowest BCUT2D eigenvalue weighted by molar-refractivity contribution is 0.0925. The third kappa shape index (κ3) is 2.37. The first-order chi connectivity index (χ1) is 12.5. The molecule has 0 aromatic heterocycles. The minimum Gasteiger partial charge on any atom is -0.388 e. The summed E-state index contributed by atoms with van der Waals surface area (Å²) < 4.78 is 0. The van der Waals surface area contributed by atoms with Crippen molar-refractivity contribution in [2.24, 2.45) is 0 Å². The minimum atomic E-state index is -0.403. The van der Waals surface area contributed by atoms with Crippen LogP contribution in [0, 0.1) is 0 Å². The van der Waals surface area contributed by atoms with E-state index in [1.54, 1.807) is 18.2 Å². The second kappa shape index (κ2) is 5.81. The maximum atomic E-state index is 12.8. The van der Waals surface area contributed by atoms with Gasteiger partial charge in [0, 0.05) is 18.3 Å². The summed E-state index contributed by atoms with van der Waals surface area (Å²) in [6, 6.07) is 16.0. The zero-order valence-corrected chi connectivity index (χ0v) is 14.4. The highest BCUT2D eigenvalue weighted by Crippen LogP contribution is 2.31. The number of nitrogens with zero attached hydrogens (tertiary/aromatic N) is 1. The number of ketones is 1. The van der Waals surface area contributed by atoms with E-state index in [4.69, 9.17) is 0 Å². The van der Waals surface area contributed by atoms with E-state index in [9.17, 15) is 14.4 Å². The maximum absolute atomic E-state index is 12.8. The topological polar surface area (TPSA) is 66.5 Å². The number of rotatable bonds is 3. The Bertz CT molecular complexity index is 1100. The van der Waals surface area contributed by atoms with Crippen molar-refractivity contribution < 1.29 is 14.4 Å². The van der Waals surface area contributed by atoms with Crippen LogP contribution >= 0.6 is 0 Å². The van der Waals surface area contributed by atoms with E-state index in [2.05, 4.69) is 5.32 Å². The van der Waals surface area contributed by atoms with Gasteiger partial charge in [-0.1, -0.05) is 18.2 Å². The fourth-order valence-corrected chi connectivity index (χ4v) is 3.22. The zero-order valence-electron chi connectivity index (χ0n) is 14.4. The van der Waals surface area contributed by atoms with Crippen LogP contribution < -0.4 is 10.2 Å². The molecule has 4 rings (SSSR count). The average molecular weight is 344 g/mol. The molecule has 0 radical (unpaired) electrons. The second-order valence-electron chi connectivity index (χ2n) is 6.26. The van der Waals surface area contributed by atoms with Crippen molar-refractivity contribution in [3.05, 3.63) is 71.3 Å². The molecule has 0 atom stereocenters. The molecule has 128 valence electrons.